The Morgan fingerprint density at radius 1 is 1.00 bits per heavy atom. The number of nitro benzene ring substituents is 1. The maximum absolute atomic E-state index is 14.5. The summed E-state index contributed by atoms with van der Waals surface area (Å²) in [6, 6.07) is 5.38. The van der Waals surface area contributed by atoms with Crippen molar-refractivity contribution in [2.75, 3.05) is 40.8 Å². The zero-order valence-corrected chi connectivity index (χ0v) is 42.7. The first kappa shape index (κ1) is 56.7. The van der Waals surface area contributed by atoms with Gasteiger partial charge in [-0.1, -0.05) is 39.8 Å². The third-order valence-corrected chi connectivity index (χ3v) is 15.2. The average Bonchev–Trinajstić information content (AvgIpc) is 3.25. The number of nitro groups is 1. The minimum atomic E-state index is -1.78. The Kier molecular flexibility index (Phi) is 20.6. The second-order valence-corrected chi connectivity index (χ2v) is 21.3. The molecule has 3 saturated heterocycles. The zero-order valence-electron chi connectivity index (χ0n) is 42.7. The Morgan fingerprint density at radius 2 is 1.66 bits per heavy atom. The number of non-ortho nitro benzene ring substituents is 1. The Balaban J connectivity index is 1.58. The molecule has 0 aliphatic carbocycles. The highest BCUT2D eigenvalue weighted by Gasteiger charge is 2.53. The maximum atomic E-state index is 14.5. The number of esters is 1. The average molecular weight is 951 g/mol. The van der Waals surface area contributed by atoms with E-state index in [-0.39, 0.29) is 48.6 Å². The van der Waals surface area contributed by atoms with Gasteiger partial charge in [0.15, 0.2) is 6.29 Å². The summed E-state index contributed by atoms with van der Waals surface area (Å²) >= 11 is 0. The van der Waals surface area contributed by atoms with Crippen molar-refractivity contribution in [3.05, 3.63) is 39.9 Å². The normalized spacial score (nSPS) is 39.8. The van der Waals surface area contributed by atoms with Gasteiger partial charge < -0.3 is 59.2 Å². The van der Waals surface area contributed by atoms with Gasteiger partial charge in [0.1, 0.15) is 23.9 Å². The van der Waals surface area contributed by atoms with Gasteiger partial charge in [0.2, 0.25) is 5.91 Å². The molecule has 5 N–H and O–H groups in total. The highest BCUT2D eigenvalue weighted by Crippen LogP contribution is 2.45. The molecule has 0 radical (unpaired) electrons. The highest BCUT2D eigenvalue weighted by atomic mass is 16.7. The molecule has 3 heterocycles. The third-order valence-electron chi connectivity index (χ3n) is 15.2. The largest absolute Gasteiger partial charge is 0.459 e. The minimum Gasteiger partial charge on any atom is -0.459 e. The number of ether oxygens (including phenoxy) is 5. The van der Waals surface area contributed by atoms with Gasteiger partial charge in [0.25, 0.3) is 5.69 Å². The molecule has 0 bridgehead atoms. The molecule has 17 heteroatoms. The summed E-state index contributed by atoms with van der Waals surface area (Å²) in [4.78, 5) is 41.7. The van der Waals surface area contributed by atoms with Crippen LogP contribution < -0.4 is 5.32 Å². The smallest absolute Gasteiger partial charge is 0.309 e. The number of benzene rings is 1. The lowest BCUT2D eigenvalue weighted by molar-refractivity contribution is -0.384. The molecule has 4 rings (SSSR count). The molecule has 0 aromatic heterocycles. The number of carbonyl (C=O) groups is 2. The van der Waals surface area contributed by atoms with Crippen molar-refractivity contribution < 1.29 is 58.6 Å². The molecular formula is C50H86N4O13. The van der Waals surface area contributed by atoms with Crippen molar-refractivity contribution in [2.45, 2.75) is 205 Å². The number of rotatable bonds is 15. The zero-order chi connectivity index (χ0) is 50.2. The number of carbonyl (C=O) groups excluding carboxylic acids is 2. The quantitative estimate of drug-likeness (QED) is 0.0675. The van der Waals surface area contributed by atoms with Crippen LogP contribution in [0.1, 0.15) is 126 Å². The molecule has 17 atom stereocenters. The van der Waals surface area contributed by atoms with Crippen LogP contribution in [0.4, 0.5) is 5.69 Å². The van der Waals surface area contributed by atoms with Crippen molar-refractivity contribution in [1.29, 1.82) is 0 Å². The topological polar surface area (TPSA) is 223 Å². The first-order valence-electron chi connectivity index (χ1n) is 24.7. The molecule has 3 aliphatic rings. The Labute approximate surface area is 399 Å². The predicted octanol–water partition coefficient (Wildman–Crippen LogP) is 5.01. The monoisotopic (exact) mass is 951 g/mol. The van der Waals surface area contributed by atoms with E-state index in [9.17, 15) is 40.1 Å². The van der Waals surface area contributed by atoms with E-state index < -0.39 is 88.3 Å². The van der Waals surface area contributed by atoms with E-state index in [1.165, 1.54) is 19.1 Å². The fourth-order valence-electron chi connectivity index (χ4n) is 11.3. The van der Waals surface area contributed by atoms with Crippen molar-refractivity contribution in [3.63, 3.8) is 0 Å². The summed E-state index contributed by atoms with van der Waals surface area (Å²) in [6.07, 6.45) is -2.37. The molecule has 384 valence electrons. The van der Waals surface area contributed by atoms with Crippen LogP contribution in [0.5, 0.6) is 0 Å². The van der Waals surface area contributed by atoms with E-state index in [4.69, 9.17) is 23.7 Å². The Bertz CT molecular complexity index is 1740. The number of likely N-dealkylation sites (N-methyl/N-ethyl adjacent to an activating group) is 2. The number of unbranched alkanes of at least 4 members (excludes halogenated alkanes) is 1. The number of nitrogens with zero attached hydrogens (tertiary/aromatic N) is 3. The molecular weight excluding hydrogens is 865 g/mol. The first-order valence-corrected chi connectivity index (χ1v) is 24.7. The van der Waals surface area contributed by atoms with Crippen LogP contribution in [-0.4, -0.2) is 166 Å². The van der Waals surface area contributed by atoms with Crippen LogP contribution in [0.25, 0.3) is 0 Å². The molecule has 1 aromatic rings. The van der Waals surface area contributed by atoms with Crippen molar-refractivity contribution in [1.82, 2.24) is 15.1 Å². The summed E-state index contributed by atoms with van der Waals surface area (Å²) < 4.78 is 32.4. The van der Waals surface area contributed by atoms with Crippen LogP contribution >= 0.6 is 0 Å². The number of methoxy groups -OCH3 is 1. The van der Waals surface area contributed by atoms with Gasteiger partial charge >= 0.3 is 5.97 Å². The van der Waals surface area contributed by atoms with Gasteiger partial charge in [-0.05, 0) is 118 Å². The standard InChI is InChI=1S/C50H86N4O13/c1-14-40-50(10,60)44(57)35(7)53(12)29-30(2)26-49(9,59)45(33(5)42(34(6)46(58)66-40)39-28-48(8,63-13)27-32(4)64-39)67-47-43(56)38(25-31(3)65-47)52(11)24-16-15-17-41(55)51-23-22-36-18-20-37(21-19-36)54(61)62/h18-21,30-35,38-40,42-45,47,56-57,59-60H,14-17,22-29H2,1-13H3,(H,51,55)/t30-,31-,32+,33+,34-,35-,38+,39-,40-,42?,43-,44-,45-,47+,48+,49-,50-/m1/s1. The summed E-state index contributed by atoms with van der Waals surface area (Å²) in [5.74, 6) is -2.86. The molecule has 3 aliphatic heterocycles. The molecule has 1 unspecified atom stereocenters. The maximum Gasteiger partial charge on any atom is 0.309 e. The number of aliphatic hydroxyl groups is 4. The molecule has 1 aromatic carbocycles. The van der Waals surface area contributed by atoms with E-state index in [2.05, 4.69) is 10.2 Å². The van der Waals surface area contributed by atoms with E-state index in [1.807, 2.05) is 67.5 Å². The van der Waals surface area contributed by atoms with Gasteiger partial charge in [0, 0.05) is 69.6 Å². The van der Waals surface area contributed by atoms with Crippen molar-refractivity contribution >= 4 is 17.6 Å². The van der Waals surface area contributed by atoms with Gasteiger partial charge in [0.05, 0.1) is 46.5 Å². The lowest BCUT2D eigenvalue weighted by atomic mass is 9.68. The van der Waals surface area contributed by atoms with Crippen LogP contribution in [0.2, 0.25) is 0 Å². The number of hydrogen-bond acceptors (Lipinski definition) is 15. The van der Waals surface area contributed by atoms with Crippen LogP contribution in [-0.2, 0) is 39.7 Å². The molecule has 1 amide bonds. The van der Waals surface area contributed by atoms with Gasteiger partial charge in [-0.2, -0.15) is 0 Å². The highest BCUT2D eigenvalue weighted by molar-refractivity contribution is 5.75. The van der Waals surface area contributed by atoms with Gasteiger partial charge in [-0.25, -0.2) is 0 Å². The summed E-state index contributed by atoms with van der Waals surface area (Å²) in [5, 5.41) is 62.4. The number of hydrogen-bond donors (Lipinski definition) is 5. The predicted molar refractivity (Wildman–Crippen MR) is 254 cm³/mol. The number of nitrogens with one attached hydrogen (secondary N) is 1. The van der Waals surface area contributed by atoms with Gasteiger partial charge in [-0.3, -0.25) is 19.7 Å². The SMILES string of the molecule is CC[C@H]1OC(=O)[C@H](C)C([C@H]2C[C@@](C)(OC)C[C@H](C)O2)[C@H](C)[C@@H](O[C@@H]2O[C@H](C)C[C@H](N(C)CCCCC(=O)NCCc3ccc([N+](=O)[O-])cc3)[C@H]2O)[C@](C)(O)C[C@@H](C)CN(C)[C@H](C)[C@@H](O)[C@]1(C)O. The first-order chi connectivity index (χ1) is 31.2. The minimum absolute atomic E-state index is 0.0242. The lowest BCUT2D eigenvalue weighted by Gasteiger charge is -2.50. The molecule has 0 spiro atoms. The van der Waals surface area contributed by atoms with Gasteiger partial charge in [-0.15, -0.1) is 0 Å². The van der Waals surface area contributed by atoms with E-state index in [1.54, 1.807) is 33.1 Å². The Morgan fingerprint density at radius 3 is 2.27 bits per heavy atom. The van der Waals surface area contributed by atoms with E-state index in [0.717, 1.165) is 5.56 Å². The lowest BCUT2D eigenvalue weighted by Crippen LogP contribution is -2.60. The van der Waals surface area contributed by atoms with Crippen LogP contribution in [0, 0.1) is 33.8 Å². The number of amides is 1. The Hall–Kier alpha value is -2.84. The number of aliphatic hydroxyl groups excluding tert-OH is 2. The molecule has 67 heavy (non-hydrogen) atoms. The summed E-state index contributed by atoms with van der Waals surface area (Å²) in [7, 11) is 5.46. The summed E-state index contributed by atoms with van der Waals surface area (Å²) in [6.45, 7) is 20.0. The summed E-state index contributed by atoms with van der Waals surface area (Å²) in [5.41, 5.74) is -2.98. The van der Waals surface area contributed by atoms with E-state index in [0.29, 0.717) is 64.6 Å². The molecule has 0 saturated carbocycles. The van der Waals surface area contributed by atoms with Crippen LogP contribution in [0.3, 0.4) is 0 Å². The number of cyclic esters (lactones) is 1. The fraction of sp³-hybridized carbons (Fsp3) is 0.840. The second-order valence-electron chi connectivity index (χ2n) is 21.3. The van der Waals surface area contributed by atoms with Crippen molar-refractivity contribution in [3.8, 4) is 0 Å². The van der Waals surface area contributed by atoms with Crippen LogP contribution in [0.15, 0.2) is 24.3 Å². The molecule has 3 fully saturated rings. The molecule has 17 nitrogen and oxygen atoms in total. The van der Waals surface area contributed by atoms with E-state index >= 15 is 0 Å². The second kappa shape index (κ2) is 24.3. The van der Waals surface area contributed by atoms with Crippen molar-refractivity contribution in [2.24, 2.45) is 23.7 Å². The third kappa shape index (κ3) is 14.8. The fourth-order valence-corrected chi connectivity index (χ4v) is 11.3.